The number of thioether (sulfide) groups is 1. The number of benzene rings is 2. The first-order chi connectivity index (χ1) is 13.2. The molecule has 2 aromatic rings. The van der Waals surface area contributed by atoms with Crippen LogP contribution < -0.4 is 4.90 Å². The van der Waals surface area contributed by atoms with Crippen molar-refractivity contribution in [3.8, 4) is 0 Å². The van der Waals surface area contributed by atoms with Crippen molar-refractivity contribution in [2.24, 2.45) is 0 Å². The summed E-state index contributed by atoms with van der Waals surface area (Å²) in [6.07, 6.45) is 0. The van der Waals surface area contributed by atoms with Crippen molar-refractivity contribution < 1.29 is 18.4 Å². The second kappa shape index (κ2) is 6.30. The minimum atomic E-state index is -1.33. The van der Waals surface area contributed by atoms with Crippen LogP contribution in [0.25, 0.3) is 0 Å². The van der Waals surface area contributed by atoms with Gasteiger partial charge in [0.05, 0.1) is 5.69 Å². The van der Waals surface area contributed by atoms with Gasteiger partial charge in [-0.2, -0.15) is 0 Å². The highest BCUT2D eigenvalue weighted by molar-refractivity contribution is 8.02. The van der Waals surface area contributed by atoms with Gasteiger partial charge in [-0.25, -0.2) is 8.78 Å². The quantitative estimate of drug-likeness (QED) is 0.758. The van der Waals surface area contributed by atoms with Gasteiger partial charge in [0.15, 0.2) is 4.87 Å². The van der Waals surface area contributed by atoms with Crippen molar-refractivity contribution in [1.82, 2.24) is 4.90 Å². The number of nitrogens with zero attached hydrogens (tertiary/aromatic N) is 2. The van der Waals surface area contributed by atoms with Crippen LogP contribution in [0.5, 0.6) is 0 Å². The molecule has 2 aliphatic rings. The van der Waals surface area contributed by atoms with Gasteiger partial charge >= 0.3 is 0 Å². The Labute approximate surface area is 166 Å². The van der Waals surface area contributed by atoms with Crippen molar-refractivity contribution in [3.63, 3.8) is 0 Å². The summed E-state index contributed by atoms with van der Waals surface area (Å²) in [5.74, 6) is -1.52. The lowest BCUT2D eigenvalue weighted by Gasteiger charge is -2.33. The monoisotopic (exact) mass is 402 g/mol. The molecule has 1 fully saturated rings. The Hall–Kier alpha value is -2.41. The molecule has 0 radical (unpaired) electrons. The summed E-state index contributed by atoms with van der Waals surface area (Å²) in [6, 6.07) is 9.52. The van der Waals surface area contributed by atoms with Gasteiger partial charge in [-0.1, -0.05) is 0 Å². The largest absolute Gasteiger partial charge is 0.310 e. The highest BCUT2D eigenvalue weighted by atomic mass is 32.2. The van der Waals surface area contributed by atoms with Gasteiger partial charge in [0.1, 0.15) is 11.6 Å². The van der Waals surface area contributed by atoms with E-state index in [9.17, 15) is 18.4 Å². The lowest BCUT2D eigenvalue weighted by molar-refractivity contribution is -0.123. The van der Waals surface area contributed by atoms with Crippen LogP contribution in [0.4, 0.5) is 14.5 Å². The molecule has 1 spiro atoms. The van der Waals surface area contributed by atoms with Crippen LogP contribution in [0.3, 0.4) is 0 Å². The van der Waals surface area contributed by atoms with E-state index < -0.39 is 21.3 Å². The Morgan fingerprint density at radius 3 is 2.39 bits per heavy atom. The molecule has 28 heavy (non-hydrogen) atoms. The highest BCUT2D eigenvalue weighted by Gasteiger charge is 2.63. The number of carbonyl (C=O) groups excluding carboxylic acids is 2. The van der Waals surface area contributed by atoms with Crippen molar-refractivity contribution in [3.05, 3.63) is 65.2 Å². The Morgan fingerprint density at radius 1 is 1.11 bits per heavy atom. The Balaban J connectivity index is 1.90. The molecule has 146 valence electrons. The summed E-state index contributed by atoms with van der Waals surface area (Å²) in [7, 11) is 0. The van der Waals surface area contributed by atoms with E-state index in [4.69, 9.17) is 0 Å². The van der Waals surface area contributed by atoms with Crippen LogP contribution in [-0.2, 0) is 9.67 Å². The van der Waals surface area contributed by atoms with Crippen molar-refractivity contribution in [1.29, 1.82) is 0 Å². The van der Waals surface area contributed by atoms with Crippen LogP contribution in [0.1, 0.15) is 36.7 Å². The van der Waals surface area contributed by atoms with E-state index in [1.54, 1.807) is 11.0 Å². The van der Waals surface area contributed by atoms with E-state index >= 15 is 0 Å². The van der Waals surface area contributed by atoms with Crippen molar-refractivity contribution >= 4 is 29.3 Å². The van der Waals surface area contributed by atoms with E-state index in [-0.39, 0.29) is 11.8 Å². The standard InChI is InChI=1S/C21H20F2N2O2S/c1-4-24-17-10-9-15(23)11-16(17)21(19(24)27)25(12-20(2,3)28-21)18(26)13-5-7-14(22)8-6-13/h5-11H,4,12H2,1-3H3. The third kappa shape index (κ3) is 2.64. The number of rotatable bonds is 2. The zero-order valence-electron chi connectivity index (χ0n) is 15.8. The Bertz CT molecular complexity index is 977. The zero-order valence-corrected chi connectivity index (χ0v) is 16.6. The fourth-order valence-electron chi connectivity index (χ4n) is 4.04. The van der Waals surface area contributed by atoms with Crippen LogP contribution in [-0.4, -0.2) is 34.6 Å². The van der Waals surface area contributed by atoms with E-state index in [2.05, 4.69) is 0 Å². The lowest BCUT2D eigenvalue weighted by atomic mass is 10.0. The minimum Gasteiger partial charge on any atom is -0.310 e. The SMILES string of the molecule is CCN1C(=O)C2(SC(C)(C)CN2C(=O)c2ccc(F)cc2)c2cc(F)ccc21. The molecule has 2 aliphatic heterocycles. The van der Waals surface area contributed by atoms with Crippen LogP contribution >= 0.6 is 11.8 Å². The minimum absolute atomic E-state index is 0.248. The summed E-state index contributed by atoms with van der Waals surface area (Å²) in [5.41, 5.74) is 1.40. The number of likely N-dealkylation sites (N-methyl/N-ethyl adjacent to an activating group) is 1. The predicted molar refractivity (Wildman–Crippen MR) is 105 cm³/mol. The third-order valence-electron chi connectivity index (χ3n) is 5.15. The number of amides is 2. The number of hydrogen-bond donors (Lipinski definition) is 0. The maximum Gasteiger partial charge on any atom is 0.268 e. The normalized spacial score (nSPS) is 22.8. The van der Waals surface area contributed by atoms with Crippen molar-refractivity contribution in [2.75, 3.05) is 18.0 Å². The zero-order chi connectivity index (χ0) is 20.3. The van der Waals surface area contributed by atoms with Gasteiger partial charge in [0.25, 0.3) is 11.8 Å². The molecule has 0 aliphatic carbocycles. The van der Waals surface area contributed by atoms with Gasteiger partial charge in [-0.05, 0) is 63.2 Å². The molecule has 0 aromatic heterocycles. The number of anilines is 1. The molecule has 0 bridgehead atoms. The molecule has 2 aromatic carbocycles. The smallest absolute Gasteiger partial charge is 0.268 e. The van der Waals surface area contributed by atoms with Gasteiger partial charge < -0.3 is 9.80 Å². The molecule has 0 N–H and O–H groups in total. The second-order valence-corrected chi connectivity index (χ2v) is 9.51. The van der Waals surface area contributed by atoms with Crippen LogP contribution in [0.15, 0.2) is 42.5 Å². The first-order valence-electron chi connectivity index (χ1n) is 9.09. The Kier molecular flexibility index (Phi) is 4.26. The summed E-state index contributed by atoms with van der Waals surface area (Å²) >= 11 is 1.36. The lowest BCUT2D eigenvalue weighted by Crippen LogP contribution is -2.50. The molecular formula is C21H20F2N2O2S. The summed E-state index contributed by atoms with van der Waals surface area (Å²) in [4.78, 5) is 28.7. The van der Waals surface area contributed by atoms with Crippen LogP contribution in [0.2, 0.25) is 0 Å². The van der Waals surface area contributed by atoms with Crippen LogP contribution in [0, 0.1) is 11.6 Å². The number of hydrogen-bond acceptors (Lipinski definition) is 3. The Morgan fingerprint density at radius 2 is 1.75 bits per heavy atom. The molecule has 7 heteroatoms. The topological polar surface area (TPSA) is 40.6 Å². The molecular weight excluding hydrogens is 382 g/mol. The maximum atomic E-state index is 14.2. The number of fused-ring (bicyclic) bond motifs is 2. The molecule has 0 saturated carbocycles. The molecule has 2 amide bonds. The molecule has 4 rings (SSSR count). The average Bonchev–Trinajstić information content (AvgIpc) is 3.07. The van der Waals surface area contributed by atoms with E-state index in [0.29, 0.717) is 29.9 Å². The molecule has 1 saturated heterocycles. The van der Waals surface area contributed by atoms with E-state index in [1.165, 1.54) is 53.1 Å². The van der Waals surface area contributed by atoms with E-state index in [0.717, 1.165) is 0 Å². The fourth-order valence-corrected chi connectivity index (χ4v) is 5.76. The molecule has 1 unspecified atom stereocenters. The van der Waals surface area contributed by atoms with Gasteiger partial charge in [0.2, 0.25) is 0 Å². The second-order valence-electron chi connectivity index (χ2n) is 7.61. The maximum absolute atomic E-state index is 14.2. The summed E-state index contributed by atoms with van der Waals surface area (Å²) in [5, 5.41) is 0. The van der Waals surface area contributed by atoms with E-state index in [1.807, 2.05) is 20.8 Å². The van der Waals surface area contributed by atoms with Gasteiger partial charge in [-0.3, -0.25) is 9.59 Å². The molecule has 1 atom stereocenters. The summed E-state index contributed by atoms with van der Waals surface area (Å²) in [6.45, 7) is 6.49. The first-order valence-corrected chi connectivity index (χ1v) is 9.91. The predicted octanol–water partition coefficient (Wildman–Crippen LogP) is 4.15. The van der Waals surface area contributed by atoms with Crippen molar-refractivity contribution in [2.45, 2.75) is 30.4 Å². The number of carbonyl (C=O) groups is 2. The average molecular weight is 402 g/mol. The van der Waals surface area contributed by atoms with Gasteiger partial charge in [-0.15, -0.1) is 11.8 Å². The first kappa shape index (κ1) is 18.9. The number of halogens is 2. The fraction of sp³-hybridized carbons (Fsp3) is 0.333. The molecule has 4 nitrogen and oxygen atoms in total. The summed E-state index contributed by atoms with van der Waals surface area (Å²) < 4.78 is 27.1. The van der Waals surface area contributed by atoms with Gasteiger partial charge in [0, 0.05) is 29.0 Å². The highest BCUT2D eigenvalue weighted by Crippen LogP contribution is 2.59. The molecule has 2 heterocycles. The third-order valence-corrected chi connectivity index (χ3v) is 6.74.